The van der Waals surface area contributed by atoms with Gasteiger partial charge in [0.15, 0.2) is 0 Å². The van der Waals surface area contributed by atoms with Gasteiger partial charge >= 0.3 is 0 Å². The number of nitrogens with zero attached hydrogens (tertiary/aromatic N) is 3. The van der Waals surface area contributed by atoms with Crippen molar-refractivity contribution in [2.75, 3.05) is 24.3 Å². The Morgan fingerprint density at radius 2 is 2.19 bits per heavy atom. The molecule has 0 aromatic carbocycles. The van der Waals surface area contributed by atoms with Crippen LogP contribution in [0.2, 0.25) is 0 Å². The van der Waals surface area contributed by atoms with Gasteiger partial charge in [-0.25, -0.2) is 0 Å². The molecule has 0 spiro atoms. The lowest BCUT2D eigenvalue weighted by Gasteiger charge is -2.05. The molecule has 0 radical (unpaired) electrons. The molecule has 16 heavy (non-hydrogen) atoms. The van der Waals surface area contributed by atoms with Crippen LogP contribution in [0.15, 0.2) is 12.3 Å². The Hall–Kier alpha value is -1.98. The van der Waals surface area contributed by atoms with E-state index in [4.69, 9.17) is 0 Å². The molecule has 2 heterocycles. The number of H-pyrrole nitrogens is 2. The SMILES string of the molecule is Cc1[nH]ccc1CNc1nnc(N(C)C)[nH]1. The van der Waals surface area contributed by atoms with Crippen LogP contribution in [0.5, 0.6) is 0 Å². The summed E-state index contributed by atoms with van der Waals surface area (Å²) in [6.07, 6.45) is 1.93. The lowest BCUT2D eigenvalue weighted by Crippen LogP contribution is -2.10. The van der Waals surface area contributed by atoms with Crippen LogP contribution >= 0.6 is 0 Å². The molecule has 0 unspecified atom stereocenters. The normalized spacial score (nSPS) is 10.4. The summed E-state index contributed by atoms with van der Waals surface area (Å²) < 4.78 is 0. The van der Waals surface area contributed by atoms with Gasteiger partial charge in [-0.05, 0) is 18.6 Å². The Balaban J connectivity index is 1.97. The second-order valence-corrected chi connectivity index (χ2v) is 3.87. The Labute approximate surface area is 94.1 Å². The molecule has 6 nitrogen and oxygen atoms in total. The lowest BCUT2D eigenvalue weighted by atomic mass is 10.2. The molecule has 3 N–H and O–H groups in total. The number of anilines is 2. The summed E-state index contributed by atoms with van der Waals surface area (Å²) in [6, 6.07) is 2.05. The summed E-state index contributed by atoms with van der Waals surface area (Å²) in [5.74, 6) is 1.43. The first kappa shape index (κ1) is 10.5. The molecule has 2 rings (SSSR count). The fourth-order valence-corrected chi connectivity index (χ4v) is 1.39. The highest BCUT2D eigenvalue weighted by molar-refractivity contribution is 5.36. The molecule has 6 heteroatoms. The maximum atomic E-state index is 4.00. The molecule has 0 aliphatic heterocycles. The highest BCUT2D eigenvalue weighted by atomic mass is 15.4. The predicted octanol–water partition coefficient (Wildman–Crippen LogP) is 1.12. The van der Waals surface area contributed by atoms with Crippen molar-refractivity contribution < 1.29 is 0 Å². The van der Waals surface area contributed by atoms with E-state index in [1.165, 1.54) is 11.3 Å². The van der Waals surface area contributed by atoms with Crippen LogP contribution in [0.25, 0.3) is 0 Å². The number of hydrogen-bond acceptors (Lipinski definition) is 4. The van der Waals surface area contributed by atoms with Crippen LogP contribution in [-0.4, -0.2) is 34.3 Å². The summed E-state index contributed by atoms with van der Waals surface area (Å²) >= 11 is 0. The van der Waals surface area contributed by atoms with E-state index in [2.05, 4.69) is 25.5 Å². The van der Waals surface area contributed by atoms with E-state index >= 15 is 0 Å². The molecule has 0 amide bonds. The van der Waals surface area contributed by atoms with E-state index in [9.17, 15) is 0 Å². The highest BCUT2D eigenvalue weighted by Gasteiger charge is 2.04. The molecule has 2 aromatic rings. The summed E-state index contributed by atoms with van der Waals surface area (Å²) in [5, 5.41) is 11.2. The third kappa shape index (κ3) is 2.16. The fourth-order valence-electron chi connectivity index (χ4n) is 1.39. The maximum absolute atomic E-state index is 4.00. The van der Waals surface area contributed by atoms with Gasteiger partial charge < -0.3 is 15.2 Å². The van der Waals surface area contributed by atoms with Gasteiger partial charge in [0, 0.05) is 32.5 Å². The Bertz CT molecular complexity index is 455. The van der Waals surface area contributed by atoms with Crippen molar-refractivity contribution >= 4 is 11.9 Å². The van der Waals surface area contributed by atoms with E-state index in [1.807, 2.05) is 38.2 Å². The van der Waals surface area contributed by atoms with Crippen LogP contribution in [0.1, 0.15) is 11.3 Å². The predicted molar refractivity (Wildman–Crippen MR) is 63.6 cm³/mol. The van der Waals surface area contributed by atoms with Gasteiger partial charge in [-0.15, -0.1) is 10.2 Å². The van der Waals surface area contributed by atoms with Crippen molar-refractivity contribution in [3.63, 3.8) is 0 Å². The molecule has 0 saturated carbocycles. The number of rotatable bonds is 4. The van der Waals surface area contributed by atoms with Crippen molar-refractivity contribution in [3.8, 4) is 0 Å². The van der Waals surface area contributed by atoms with Gasteiger partial charge in [-0.3, -0.25) is 4.98 Å². The zero-order valence-electron chi connectivity index (χ0n) is 9.70. The standard InChI is InChI=1S/C10H16N6/c1-7-8(4-5-11-7)6-12-9-13-10(15-14-9)16(2)3/h4-5,11H,6H2,1-3H3,(H2,12,13,14,15). The van der Waals surface area contributed by atoms with Crippen LogP contribution in [0.4, 0.5) is 11.9 Å². The van der Waals surface area contributed by atoms with Crippen molar-refractivity contribution in [2.45, 2.75) is 13.5 Å². The summed E-state index contributed by atoms with van der Waals surface area (Å²) in [6.45, 7) is 2.78. The fraction of sp³-hybridized carbons (Fsp3) is 0.400. The van der Waals surface area contributed by atoms with Gasteiger partial charge in [-0.2, -0.15) is 0 Å². The molecule has 0 fully saturated rings. The second-order valence-electron chi connectivity index (χ2n) is 3.87. The first-order valence-corrected chi connectivity index (χ1v) is 5.13. The zero-order chi connectivity index (χ0) is 11.5. The molecule has 0 atom stereocenters. The number of nitrogens with one attached hydrogen (secondary N) is 3. The molecule has 0 bridgehead atoms. The quantitative estimate of drug-likeness (QED) is 0.722. The van der Waals surface area contributed by atoms with Crippen LogP contribution in [0, 0.1) is 6.92 Å². The maximum Gasteiger partial charge on any atom is 0.225 e. The summed E-state index contributed by atoms with van der Waals surface area (Å²) in [4.78, 5) is 8.09. The summed E-state index contributed by atoms with van der Waals surface area (Å²) in [5.41, 5.74) is 2.39. The van der Waals surface area contributed by atoms with Crippen LogP contribution in [-0.2, 0) is 6.54 Å². The number of hydrogen-bond donors (Lipinski definition) is 3. The molecule has 0 saturated heterocycles. The molecular weight excluding hydrogens is 204 g/mol. The topological polar surface area (TPSA) is 72.6 Å². The van der Waals surface area contributed by atoms with Gasteiger partial charge in [0.05, 0.1) is 0 Å². The van der Waals surface area contributed by atoms with Crippen molar-refractivity contribution in [1.82, 2.24) is 20.2 Å². The van der Waals surface area contributed by atoms with Crippen molar-refractivity contribution in [1.29, 1.82) is 0 Å². The number of aryl methyl sites for hydroxylation is 1. The average molecular weight is 220 g/mol. The Kier molecular flexibility index (Phi) is 2.80. The zero-order valence-corrected chi connectivity index (χ0v) is 9.70. The van der Waals surface area contributed by atoms with Gasteiger partial charge in [0.1, 0.15) is 0 Å². The highest BCUT2D eigenvalue weighted by Crippen LogP contribution is 2.09. The monoisotopic (exact) mass is 220 g/mol. The molecular formula is C10H16N6. The largest absolute Gasteiger partial charge is 0.365 e. The van der Waals surface area contributed by atoms with E-state index < -0.39 is 0 Å². The van der Waals surface area contributed by atoms with Gasteiger partial charge in [0.25, 0.3) is 0 Å². The first-order chi connectivity index (χ1) is 7.66. The minimum atomic E-state index is 0.685. The third-order valence-corrected chi connectivity index (χ3v) is 2.41. The smallest absolute Gasteiger partial charge is 0.225 e. The summed E-state index contributed by atoms with van der Waals surface area (Å²) in [7, 11) is 3.83. The molecule has 0 aliphatic rings. The minimum absolute atomic E-state index is 0.685. The Morgan fingerprint density at radius 1 is 1.38 bits per heavy atom. The number of aromatic nitrogens is 4. The molecule has 2 aromatic heterocycles. The van der Waals surface area contributed by atoms with Crippen LogP contribution in [0.3, 0.4) is 0 Å². The first-order valence-electron chi connectivity index (χ1n) is 5.13. The van der Waals surface area contributed by atoms with E-state index in [1.54, 1.807) is 0 Å². The molecule has 0 aliphatic carbocycles. The van der Waals surface area contributed by atoms with Crippen molar-refractivity contribution in [2.24, 2.45) is 0 Å². The van der Waals surface area contributed by atoms with Gasteiger partial charge in [-0.1, -0.05) is 0 Å². The van der Waals surface area contributed by atoms with E-state index in [0.29, 0.717) is 5.95 Å². The van der Waals surface area contributed by atoms with E-state index in [0.717, 1.165) is 12.5 Å². The lowest BCUT2D eigenvalue weighted by molar-refractivity contribution is 0.996. The van der Waals surface area contributed by atoms with Crippen LogP contribution < -0.4 is 10.2 Å². The Morgan fingerprint density at radius 3 is 2.75 bits per heavy atom. The third-order valence-electron chi connectivity index (χ3n) is 2.41. The second kappa shape index (κ2) is 4.26. The average Bonchev–Trinajstić information content (AvgIpc) is 2.83. The van der Waals surface area contributed by atoms with Crippen molar-refractivity contribution in [3.05, 3.63) is 23.5 Å². The minimum Gasteiger partial charge on any atom is -0.365 e. The van der Waals surface area contributed by atoms with E-state index in [-0.39, 0.29) is 0 Å². The van der Waals surface area contributed by atoms with Gasteiger partial charge in [0.2, 0.25) is 11.9 Å². The number of aromatic amines is 2. The molecule has 86 valence electrons.